The van der Waals surface area contributed by atoms with Crippen molar-refractivity contribution in [3.05, 3.63) is 76.1 Å². The summed E-state index contributed by atoms with van der Waals surface area (Å²) in [7, 11) is -3.88. The van der Waals surface area contributed by atoms with E-state index in [4.69, 9.17) is 8.94 Å². The van der Waals surface area contributed by atoms with Gasteiger partial charge in [0.15, 0.2) is 11.4 Å². The predicted octanol–water partition coefficient (Wildman–Crippen LogP) is 2.52. The normalized spacial score (nSPS) is 14.4. The largest absolute Gasteiger partial charge is 0.420 e. The number of benzene rings is 2. The van der Waals surface area contributed by atoms with Crippen LogP contribution in [0.2, 0.25) is 0 Å². The molecule has 1 fully saturated rings. The van der Waals surface area contributed by atoms with E-state index in [2.05, 4.69) is 14.9 Å². The van der Waals surface area contributed by atoms with Gasteiger partial charge in [0.05, 0.1) is 17.0 Å². The van der Waals surface area contributed by atoms with Gasteiger partial charge >= 0.3 is 5.76 Å². The SMILES string of the molecule is O=c1oc2cc(S(=O)(=O)NCc3ccc(F)cc3)ccc2n1Cc1noc(C2CC2)n1. The van der Waals surface area contributed by atoms with Gasteiger partial charge in [-0.2, -0.15) is 4.98 Å². The maximum absolute atomic E-state index is 13.0. The summed E-state index contributed by atoms with van der Waals surface area (Å²) in [5.41, 5.74) is 1.15. The summed E-state index contributed by atoms with van der Waals surface area (Å²) < 4.78 is 52.5. The minimum atomic E-state index is -3.88. The lowest BCUT2D eigenvalue weighted by molar-refractivity contribution is 0.372. The first-order chi connectivity index (χ1) is 14.9. The van der Waals surface area contributed by atoms with Gasteiger partial charge in [0.1, 0.15) is 5.82 Å². The average Bonchev–Trinajstić information content (AvgIpc) is 3.42. The maximum atomic E-state index is 13.0. The van der Waals surface area contributed by atoms with E-state index in [-0.39, 0.29) is 23.6 Å². The highest BCUT2D eigenvalue weighted by molar-refractivity contribution is 7.89. The zero-order valence-electron chi connectivity index (χ0n) is 16.1. The van der Waals surface area contributed by atoms with E-state index >= 15 is 0 Å². The highest BCUT2D eigenvalue weighted by Gasteiger charge is 2.29. The smallest absolute Gasteiger partial charge is 0.408 e. The highest BCUT2D eigenvalue weighted by atomic mass is 32.2. The molecule has 1 saturated carbocycles. The molecule has 1 aliphatic rings. The van der Waals surface area contributed by atoms with Crippen molar-refractivity contribution in [2.45, 2.75) is 36.7 Å². The molecule has 2 aromatic carbocycles. The van der Waals surface area contributed by atoms with Crippen LogP contribution < -0.4 is 10.5 Å². The number of sulfonamides is 1. The van der Waals surface area contributed by atoms with Crippen LogP contribution in [0, 0.1) is 5.82 Å². The number of hydrogen-bond donors (Lipinski definition) is 1. The van der Waals surface area contributed by atoms with Crippen molar-refractivity contribution < 1.29 is 21.7 Å². The van der Waals surface area contributed by atoms with E-state index in [1.54, 1.807) is 0 Å². The number of aromatic nitrogens is 3. The zero-order valence-corrected chi connectivity index (χ0v) is 16.9. The highest BCUT2D eigenvalue weighted by Crippen LogP contribution is 2.38. The van der Waals surface area contributed by atoms with Crippen LogP contribution in [0.5, 0.6) is 0 Å². The lowest BCUT2D eigenvalue weighted by Crippen LogP contribution is -2.23. The Morgan fingerprint density at radius 2 is 1.94 bits per heavy atom. The van der Waals surface area contributed by atoms with Crippen LogP contribution in [0.15, 0.2) is 61.1 Å². The Morgan fingerprint density at radius 1 is 1.16 bits per heavy atom. The van der Waals surface area contributed by atoms with Crippen LogP contribution in [0.3, 0.4) is 0 Å². The molecule has 1 aliphatic carbocycles. The number of nitrogens with one attached hydrogen (secondary N) is 1. The van der Waals surface area contributed by atoms with Crippen molar-refractivity contribution in [2.75, 3.05) is 0 Å². The maximum Gasteiger partial charge on any atom is 0.420 e. The lowest BCUT2D eigenvalue weighted by Gasteiger charge is -2.07. The van der Waals surface area contributed by atoms with Crippen molar-refractivity contribution >= 4 is 21.1 Å². The first-order valence-electron chi connectivity index (χ1n) is 9.59. The molecule has 11 heteroatoms. The number of rotatable bonds is 7. The molecule has 4 aromatic rings. The molecule has 0 atom stereocenters. The molecule has 31 heavy (non-hydrogen) atoms. The third-order valence-electron chi connectivity index (χ3n) is 5.04. The molecule has 1 N–H and O–H groups in total. The monoisotopic (exact) mass is 444 g/mol. The van der Waals surface area contributed by atoms with Crippen molar-refractivity contribution in [1.29, 1.82) is 0 Å². The Morgan fingerprint density at radius 3 is 2.68 bits per heavy atom. The van der Waals surface area contributed by atoms with Crippen molar-refractivity contribution in [1.82, 2.24) is 19.4 Å². The fourth-order valence-corrected chi connectivity index (χ4v) is 4.23. The Kier molecular flexibility index (Phi) is 4.71. The third kappa shape index (κ3) is 4.01. The van der Waals surface area contributed by atoms with Gasteiger partial charge in [0.25, 0.3) is 0 Å². The van der Waals surface area contributed by atoms with Gasteiger partial charge in [-0.05, 0) is 42.7 Å². The summed E-state index contributed by atoms with van der Waals surface area (Å²) >= 11 is 0. The first kappa shape index (κ1) is 19.6. The number of nitrogens with zero attached hydrogens (tertiary/aromatic N) is 3. The standard InChI is InChI=1S/C20H17FN4O5S/c21-14-5-1-12(2-6-14)10-22-31(27,28)15-7-8-16-17(9-15)29-20(26)25(16)11-18-23-19(30-24-18)13-3-4-13/h1-2,5-9,13,22H,3-4,10-11H2. The summed E-state index contributed by atoms with van der Waals surface area (Å²) in [6, 6.07) is 9.65. The van der Waals surface area contributed by atoms with Gasteiger partial charge in [-0.15, -0.1) is 0 Å². The van der Waals surface area contributed by atoms with E-state index in [1.165, 1.54) is 47.0 Å². The molecule has 2 heterocycles. The molecular formula is C20H17FN4O5S. The summed E-state index contributed by atoms with van der Waals surface area (Å²) in [5.74, 6) is 0.165. The molecule has 160 valence electrons. The first-order valence-corrected chi connectivity index (χ1v) is 11.1. The summed E-state index contributed by atoms with van der Waals surface area (Å²) in [4.78, 5) is 16.6. The van der Waals surface area contributed by atoms with Gasteiger partial charge in [0.2, 0.25) is 15.9 Å². The minimum Gasteiger partial charge on any atom is -0.408 e. The van der Waals surface area contributed by atoms with E-state index in [9.17, 15) is 17.6 Å². The quantitative estimate of drug-likeness (QED) is 0.465. The molecule has 0 saturated heterocycles. The van der Waals surface area contributed by atoms with Gasteiger partial charge in [-0.1, -0.05) is 17.3 Å². The summed E-state index contributed by atoms with van der Waals surface area (Å²) in [5, 5.41) is 3.90. The second kappa shape index (κ2) is 7.43. The molecule has 0 aliphatic heterocycles. The fraction of sp³-hybridized carbons (Fsp3) is 0.250. The minimum absolute atomic E-state index is 0.00718. The van der Waals surface area contributed by atoms with Crippen LogP contribution in [0.25, 0.3) is 11.1 Å². The van der Waals surface area contributed by atoms with Gasteiger partial charge in [-0.3, -0.25) is 4.57 Å². The molecule has 5 rings (SSSR count). The second-order valence-corrected chi connectivity index (χ2v) is 9.12. The fourth-order valence-electron chi connectivity index (χ4n) is 3.20. The predicted molar refractivity (Wildman–Crippen MR) is 106 cm³/mol. The Labute approximate surface area is 175 Å². The number of fused-ring (bicyclic) bond motifs is 1. The molecule has 0 bridgehead atoms. The van der Waals surface area contributed by atoms with Crippen molar-refractivity contribution in [2.24, 2.45) is 0 Å². The van der Waals surface area contributed by atoms with E-state index in [0.717, 1.165) is 12.8 Å². The van der Waals surface area contributed by atoms with Crippen molar-refractivity contribution in [3.63, 3.8) is 0 Å². The van der Waals surface area contributed by atoms with Gasteiger partial charge in [0, 0.05) is 18.5 Å². The van der Waals surface area contributed by atoms with Crippen molar-refractivity contribution in [3.8, 4) is 0 Å². The van der Waals surface area contributed by atoms with E-state index in [0.29, 0.717) is 28.7 Å². The Bertz CT molecular complexity index is 1420. The molecular weight excluding hydrogens is 427 g/mol. The molecule has 0 radical (unpaired) electrons. The summed E-state index contributed by atoms with van der Waals surface area (Å²) in [6.45, 7) is 0.0454. The number of oxazole rings is 1. The third-order valence-corrected chi connectivity index (χ3v) is 6.44. The Balaban J connectivity index is 1.38. The zero-order chi connectivity index (χ0) is 21.6. The lowest BCUT2D eigenvalue weighted by atomic mass is 10.2. The van der Waals surface area contributed by atoms with E-state index in [1.807, 2.05) is 0 Å². The van der Waals surface area contributed by atoms with Crippen LogP contribution in [-0.4, -0.2) is 23.1 Å². The van der Waals surface area contributed by atoms with Crippen LogP contribution >= 0.6 is 0 Å². The molecule has 0 unspecified atom stereocenters. The molecule has 0 amide bonds. The van der Waals surface area contributed by atoms with Crippen LogP contribution in [0.4, 0.5) is 4.39 Å². The number of hydrogen-bond acceptors (Lipinski definition) is 7. The molecule has 9 nitrogen and oxygen atoms in total. The molecule has 2 aromatic heterocycles. The molecule has 0 spiro atoms. The summed E-state index contributed by atoms with van der Waals surface area (Å²) in [6.07, 6.45) is 2.03. The topological polar surface area (TPSA) is 120 Å². The second-order valence-electron chi connectivity index (χ2n) is 7.36. The van der Waals surface area contributed by atoms with Gasteiger partial charge < -0.3 is 8.94 Å². The number of halogens is 1. The Hall–Kier alpha value is -3.31. The van der Waals surface area contributed by atoms with Gasteiger partial charge in [-0.25, -0.2) is 22.3 Å². The van der Waals surface area contributed by atoms with Crippen LogP contribution in [0.1, 0.15) is 36.0 Å². The average molecular weight is 444 g/mol. The van der Waals surface area contributed by atoms with E-state index < -0.39 is 21.6 Å². The van der Waals surface area contributed by atoms with Crippen LogP contribution in [-0.2, 0) is 23.1 Å².